The van der Waals surface area contributed by atoms with Gasteiger partial charge in [0.2, 0.25) is 0 Å². The maximum atomic E-state index is 12.8. The number of carboxylic acids is 1. The highest BCUT2D eigenvalue weighted by molar-refractivity contribution is 6.31. The van der Waals surface area contributed by atoms with E-state index < -0.39 is 28.3 Å². The Hall–Kier alpha value is -2.28. The summed E-state index contributed by atoms with van der Waals surface area (Å²) in [4.78, 5) is 22.6. The second kappa shape index (κ2) is 5.25. The van der Waals surface area contributed by atoms with E-state index in [9.17, 15) is 22.8 Å². The minimum absolute atomic E-state index is 0.125. The number of halogens is 4. The summed E-state index contributed by atoms with van der Waals surface area (Å²) in [5.41, 5.74) is -2.11. The summed E-state index contributed by atoms with van der Waals surface area (Å²) < 4.78 is 39.2. The van der Waals surface area contributed by atoms with Crippen LogP contribution in [0.25, 0.3) is 5.69 Å². The number of rotatable bonds is 2. The van der Waals surface area contributed by atoms with E-state index >= 15 is 0 Å². The number of aromatic nitrogens is 1. The van der Waals surface area contributed by atoms with Crippen molar-refractivity contribution < 1.29 is 23.1 Å². The molecule has 0 atom stereocenters. The Morgan fingerprint density at radius 2 is 1.86 bits per heavy atom. The highest BCUT2D eigenvalue weighted by Gasteiger charge is 2.33. The molecule has 0 bridgehead atoms. The van der Waals surface area contributed by atoms with E-state index in [4.69, 9.17) is 16.7 Å². The van der Waals surface area contributed by atoms with Crippen molar-refractivity contribution in [1.82, 2.24) is 4.57 Å². The lowest BCUT2D eigenvalue weighted by atomic mass is 10.2. The Morgan fingerprint density at radius 1 is 1.19 bits per heavy atom. The Morgan fingerprint density at radius 3 is 2.43 bits per heavy atom. The summed E-state index contributed by atoms with van der Waals surface area (Å²) in [5, 5.41) is 8.35. The molecule has 0 saturated heterocycles. The minimum atomic E-state index is -4.68. The fourth-order valence-corrected chi connectivity index (χ4v) is 1.92. The first kappa shape index (κ1) is 15.1. The zero-order valence-electron chi connectivity index (χ0n) is 10.2. The van der Waals surface area contributed by atoms with Crippen molar-refractivity contribution in [1.29, 1.82) is 0 Å². The molecule has 21 heavy (non-hydrogen) atoms. The molecule has 0 aliphatic rings. The van der Waals surface area contributed by atoms with Gasteiger partial charge in [0.1, 0.15) is 0 Å². The monoisotopic (exact) mass is 317 g/mol. The molecule has 0 spiro atoms. The van der Waals surface area contributed by atoms with Gasteiger partial charge in [0.25, 0.3) is 5.56 Å². The summed E-state index contributed by atoms with van der Waals surface area (Å²) in [6, 6.07) is 4.92. The third-order valence-electron chi connectivity index (χ3n) is 2.69. The lowest BCUT2D eigenvalue weighted by molar-refractivity contribution is -0.137. The molecule has 110 valence electrons. The molecule has 1 heterocycles. The number of carboxylic acid groups (broad SMARTS) is 1. The molecule has 0 unspecified atom stereocenters. The average molecular weight is 318 g/mol. The molecule has 4 nitrogen and oxygen atoms in total. The van der Waals surface area contributed by atoms with Crippen molar-refractivity contribution >= 4 is 17.6 Å². The number of aromatic carboxylic acids is 1. The molecule has 0 radical (unpaired) electrons. The average Bonchev–Trinajstić information content (AvgIpc) is 2.38. The van der Waals surface area contributed by atoms with Gasteiger partial charge < -0.3 is 5.11 Å². The summed E-state index contributed by atoms with van der Waals surface area (Å²) >= 11 is 5.49. The van der Waals surface area contributed by atoms with Gasteiger partial charge in [-0.1, -0.05) is 11.6 Å². The van der Waals surface area contributed by atoms with Gasteiger partial charge in [0.05, 0.1) is 16.1 Å². The van der Waals surface area contributed by atoms with E-state index in [-0.39, 0.29) is 11.3 Å². The Kier molecular flexibility index (Phi) is 3.78. The quantitative estimate of drug-likeness (QED) is 0.925. The van der Waals surface area contributed by atoms with Crippen molar-refractivity contribution in [2.24, 2.45) is 0 Å². The number of hydrogen-bond acceptors (Lipinski definition) is 2. The number of hydrogen-bond donors (Lipinski definition) is 1. The summed E-state index contributed by atoms with van der Waals surface area (Å²) in [7, 11) is 0. The van der Waals surface area contributed by atoms with Gasteiger partial charge in [-0.15, -0.1) is 0 Å². The maximum Gasteiger partial charge on any atom is 0.417 e. The third-order valence-corrected chi connectivity index (χ3v) is 3.02. The van der Waals surface area contributed by atoms with Crippen molar-refractivity contribution in [3.05, 3.63) is 63.0 Å². The van der Waals surface area contributed by atoms with Gasteiger partial charge in [-0.2, -0.15) is 13.2 Å². The van der Waals surface area contributed by atoms with Crippen molar-refractivity contribution in [2.75, 3.05) is 0 Å². The molecule has 0 fully saturated rings. The molecule has 1 aromatic carbocycles. The molecule has 0 saturated carbocycles. The third kappa shape index (κ3) is 3.08. The van der Waals surface area contributed by atoms with Gasteiger partial charge in [-0.25, -0.2) is 4.79 Å². The Bertz CT molecular complexity index is 768. The van der Waals surface area contributed by atoms with Crippen molar-refractivity contribution in [3.63, 3.8) is 0 Å². The predicted octanol–water partition coefficient (Wildman–Crippen LogP) is 3.21. The van der Waals surface area contributed by atoms with Crippen molar-refractivity contribution in [3.8, 4) is 5.69 Å². The van der Waals surface area contributed by atoms with Crippen LogP contribution in [0.1, 0.15) is 15.9 Å². The number of pyridine rings is 1. The zero-order chi connectivity index (χ0) is 15.8. The molecule has 2 rings (SSSR count). The van der Waals surface area contributed by atoms with Crippen LogP contribution in [-0.2, 0) is 6.18 Å². The fourth-order valence-electron chi connectivity index (χ4n) is 1.70. The molecule has 1 N–H and O–H groups in total. The van der Waals surface area contributed by atoms with Gasteiger partial charge in [-0.05, 0) is 24.3 Å². The zero-order valence-corrected chi connectivity index (χ0v) is 10.9. The van der Waals surface area contributed by atoms with Crippen LogP contribution in [0.3, 0.4) is 0 Å². The molecule has 0 aliphatic heterocycles. The molecule has 1 aromatic heterocycles. The van der Waals surface area contributed by atoms with E-state index in [0.29, 0.717) is 6.07 Å². The second-order valence-corrected chi connectivity index (χ2v) is 4.50. The molecule has 0 amide bonds. The van der Waals surface area contributed by atoms with Gasteiger partial charge in [-0.3, -0.25) is 9.36 Å². The van der Waals surface area contributed by atoms with Crippen LogP contribution < -0.4 is 5.56 Å². The smallest absolute Gasteiger partial charge is 0.417 e. The van der Waals surface area contributed by atoms with E-state index in [0.717, 1.165) is 29.0 Å². The number of nitrogens with zero attached hydrogens (tertiary/aromatic N) is 1. The van der Waals surface area contributed by atoms with Crippen LogP contribution >= 0.6 is 11.6 Å². The van der Waals surface area contributed by atoms with Crippen LogP contribution in [0.2, 0.25) is 5.02 Å². The standard InChI is InChI=1S/C13H7ClF3NO3/c14-10-3-2-8(5-9(10)13(15,16)17)18-6-7(12(20)21)1-4-11(18)19/h1-6H,(H,20,21). The Labute approximate surface area is 121 Å². The van der Waals surface area contributed by atoms with Gasteiger partial charge >= 0.3 is 12.1 Å². The van der Waals surface area contributed by atoms with E-state index in [1.54, 1.807) is 0 Å². The molecular formula is C13H7ClF3NO3. The van der Waals surface area contributed by atoms with Gasteiger partial charge in [0.15, 0.2) is 0 Å². The lowest BCUT2D eigenvalue weighted by Gasteiger charge is -2.12. The number of benzene rings is 1. The molecule has 2 aromatic rings. The van der Waals surface area contributed by atoms with Crippen molar-refractivity contribution in [2.45, 2.75) is 6.18 Å². The highest BCUT2D eigenvalue weighted by atomic mass is 35.5. The van der Waals surface area contributed by atoms with E-state index in [2.05, 4.69) is 0 Å². The SMILES string of the molecule is O=C(O)c1ccc(=O)n(-c2ccc(Cl)c(C(F)(F)F)c2)c1. The molecule has 0 aliphatic carbocycles. The summed E-state index contributed by atoms with van der Waals surface area (Å²) in [5.74, 6) is -1.30. The lowest BCUT2D eigenvalue weighted by Crippen LogP contribution is -2.19. The molecular weight excluding hydrogens is 311 g/mol. The highest BCUT2D eigenvalue weighted by Crippen LogP contribution is 2.35. The first-order chi connectivity index (χ1) is 9.70. The van der Waals surface area contributed by atoms with Gasteiger partial charge in [0, 0.05) is 18.0 Å². The van der Waals surface area contributed by atoms with Crippen LogP contribution in [0.15, 0.2) is 41.3 Å². The minimum Gasteiger partial charge on any atom is -0.478 e. The number of alkyl halides is 3. The fraction of sp³-hybridized carbons (Fsp3) is 0.0769. The summed E-state index contributed by atoms with van der Waals surface area (Å²) in [6.45, 7) is 0. The normalized spacial score (nSPS) is 11.4. The maximum absolute atomic E-state index is 12.8. The number of carbonyl (C=O) groups is 1. The van der Waals surface area contributed by atoms with E-state index in [1.807, 2.05) is 0 Å². The van der Waals surface area contributed by atoms with Crippen LogP contribution in [-0.4, -0.2) is 15.6 Å². The summed E-state index contributed by atoms with van der Waals surface area (Å²) in [6.07, 6.45) is -3.73. The van der Waals surface area contributed by atoms with E-state index in [1.165, 1.54) is 6.07 Å². The Balaban J connectivity index is 2.65. The predicted molar refractivity (Wildman–Crippen MR) is 69.0 cm³/mol. The van der Waals surface area contributed by atoms with Crippen LogP contribution in [0.4, 0.5) is 13.2 Å². The second-order valence-electron chi connectivity index (χ2n) is 4.09. The first-order valence-corrected chi connectivity index (χ1v) is 5.91. The first-order valence-electron chi connectivity index (χ1n) is 5.53. The largest absolute Gasteiger partial charge is 0.478 e. The topological polar surface area (TPSA) is 59.3 Å². The van der Waals surface area contributed by atoms with Crippen LogP contribution in [0, 0.1) is 0 Å². The molecule has 8 heteroatoms. The van der Waals surface area contributed by atoms with Crippen LogP contribution in [0.5, 0.6) is 0 Å².